The third-order valence-corrected chi connectivity index (χ3v) is 0.440. The van der Waals surface area contributed by atoms with Crippen molar-refractivity contribution in [2.24, 2.45) is 0 Å². The number of hydrogen-bond donors (Lipinski definition) is 0. The maximum Gasteiger partial charge on any atom is 0.133 e. The number of rotatable bonds is 2. The third kappa shape index (κ3) is 10.7. The molecule has 0 aromatic heterocycles. The van der Waals surface area contributed by atoms with Crippen molar-refractivity contribution in [2.45, 2.75) is 0 Å². The fraction of sp³-hybridized carbons (Fsp3) is 0.750. The van der Waals surface area contributed by atoms with Crippen LogP contribution in [0.15, 0.2) is 0 Å². The number of carbonyl (C=O) groups excluding carboxylic acids is 1. The number of aldehydes is 1. The van der Waals surface area contributed by atoms with Crippen LogP contribution in [0, 0.1) is 0 Å². The second kappa shape index (κ2) is 6.25. The van der Waals surface area contributed by atoms with Gasteiger partial charge in [0, 0.05) is 19.5 Å². The summed E-state index contributed by atoms with van der Waals surface area (Å²) in [4.78, 5) is 11.4. The van der Waals surface area contributed by atoms with E-state index in [1.807, 2.05) is 19.0 Å². The largest absolute Gasteiger partial charge is 0.303 e. The molecule has 0 aliphatic carbocycles. The number of hydrogen-bond acceptors (Lipinski definition) is 2. The van der Waals surface area contributed by atoms with Crippen molar-refractivity contribution in [2.75, 3.05) is 20.6 Å². The van der Waals surface area contributed by atoms with Gasteiger partial charge in [-0.1, -0.05) is 0 Å². The molecule has 7 heavy (non-hydrogen) atoms. The third-order valence-electron chi connectivity index (χ3n) is 0.440. The molecule has 0 unspecified atom stereocenters. The number of carbonyl (C=O) groups is 1. The average Bonchev–Trinajstić information content (AvgIpc) is 1.35. The van der Waals surface area contributed by atoms with E-state index in [1.54, 1.807) is 0 Å². The predicted molar refractivity (Wildman–Crippen MR) is 24.6 cm³/mol. The standard InChI is InChI=1S/C4H9NO.Zn/c1-5(2)3-4-6;/h4H,3H2,1-2H3;. The molecule has 0 bridgehead atoms. The van der Waals surface area contributed by atoms with Crippen molar-refractivity contribution in [3.63, 3.8) is 0 Å². The summed E-state index contributed by atoms with van der Waals surface area (Å²) in [5.74, 6) is 0. The molecule has 0 spiro atoms. The fourth-order valence-corrected chi connectivity index (χ4v) is 0.149. The van der Waals surface area contributed by atoms with Crippen molar-refractivity contribution in [1.82, 2.24) is 4.90 Å². The van der Waals surface area contributed by atoms with Crippen LogP contribution in [-0.2, 0) is 24.3 Å². The van der Waals surface area contributed by atoms with Gasteiger partial charge in [0.25, 0.3) is 0 Å². The minimum Gasteiger partial charge on any atom is -0.303 e. The summed E-state index contributed by atoms with van der Waals surface area (Å²) in [6, 6.07) is 0. The molecule has 0 aliphatic heterocycles. The summed E-state index contributed by atoms with van der Waals surface area (Å²) >= 11 is 0. The second-order valence-corrected chi connectivity index (χ2v) is 1.43. The fourth-order valence-electron chi connectivity index (χ4n) is 0.149. The summed E-state index contributed by atoms with van der Waals surface area (Å²) in [6.07, 6.45) is 0.875. The van der Waals surface area contributed by atoms with Gasteiger partial charge < -0.3 is 9.69 Å². The topological polar surface area (TPSA) is 20.3 Å². The first-order valence-electron chi connectivity index (χ1n) is 1.85. The Morgan fingerprint density at radius 3 is 2.00 bits per heavy atom. The van der Waals surface area contributed by atoms with E-state index >= 15 is 0 Å². The van der Waals surface area contributed by atoms with E-state index in [0.717, 1.165) is 6.29 Å². The maximum atomic E-state index is 9.57. The molecule has 0 aromatic rings. The van der Waals surface area contributed by atoms with Crippen molar-refractivity contribution in [3.8, 4) is 0 Å². The van der Waals surface area contributed by atoms with Crippen LogP contribution in [0.2, 0.25) is 0 Å². The molecule has 3 heteroatoms. The Labute approximate surface area is 56.6 Å². The maximum absolute atomic E-state index is 9.57. The molecule has 0 rings (SSSR count). The van der Waals surface area contributed by atoms with Gasteiger partial charge in [-0.3, -0.25) is 0 Å². The van der Waals surface area contributed by atoms with E-state index < -0.39 is 0 Å². The van der Waals surface area contributed by atoms with Crippen LogP contribution in [0.3, 0.4) is 0 Å². The minimum absolute atomic E-state index is 0. The smallest absolute Gasteiger partial charge is 0.133 e. The molecule has 0 heterocycles. The van der Waals surface area contributed by atoms with Crippen LogP contribution in [0.5, 0.6) is 0 Å². The van der Waals surface area contributed by atoms with Crippen LogP contribution in [0.4, 0.5) is 0 Å². The quantitative estimate of drug-likeness (QED) is 0.402. The normalized spacial score (nSPS) is 7.86. The van der Waals surface area contributed by atoms with E-state index in [4.69, 9.17) is 0 Å². The second-order valence-electron chi connectivity index (χ2n) is 1.43. The monoisotopic (exact) mass is 151 g/mol. The molecular weight excluding hydrogens is 143 g/mol. The Morgan fingerprint density at radius 2 is 2.00 bits per heavy atom. The molecule has 0 amide bonds. The summed E-state index contributed by atoms with van der Waals surface area (Å²) in [5.41, 5.74) is 0. The first-order chi connectivity index (χ1) is 2.77. The van der Waals surface area contributed by atoms with Crippen LogP contribution < -0.4 is 0 Å². The molecule has 0 radical (unpaired) electrons. The van der Waals surface area contributed by atoms with Gasteiger partial charge in [-0.05, 0) is 14.1 Å². The van der Waals surface area contributed by atoms with Gasteiger partial charge in [-0.15, -0.1) is 0 Å². The van der Waals surface area contributed by atoms with Crippen LogP contribution in [0.25, 0.3) is 0 Å². The van der Waals surface area contributed by atoms with Crippen molar-refractivity contribution >= 4 is 6.29 Å². The van der Waals surface area contributed by atoms with Crippen LogP contribution in [0.1, 0.15) is 0 Å². The van der Waals surface area contributed by atoms with Crippen molar-refractivity contribution in [3.05, 3.63) is 0 Å². The van der Waals surface area contributed by atoms with E-state index in [-0.39, 0.29) is 19.5 Å². The van der Waals surface area contributed by atoms with Gasteiger partial charge in [0.1, 0.15) is 6.29 Å². The SMILES string of the molecule is CN(C)CC=O.[Zn]. The average molecular weight is 153 g/mol. The molecule has 0 aliphatic rings. The Hall–Kier alpha value is 0.253. The predicted octanol–water partition coefficient (Wildman–Crippen LogP) is -0.256. The van der Waals surface area contributed by atoms with Crippen molar-refractivity contribution in [1.29, 1.82) is 0 Å². The van der Waals surface area contributed by atoms with E-state index in [0.29, 0.717) is 6.54 Å². The molecule has 0 aromatic carbocycles. The van der Waals surface area contributed by atoms with Gasteiger partial charge in [0.05, 0.1) is 6.54 Å². The van der Waals surface area contributed by atoms with Crippen LogP contribution >= 0.6 is 0 Å². The van der Waals surface area contributed by atoms with Gasteiger partial charge >= 0.3 is 0 Å². The van der Waals surface area contributed by atoms with Gasteiger partial charge in [-0.2, -0.15) is 0 Å². The van der Waals surface area contributed by atoms with Crippen molar-refractivity contribution < 1.29 is 24.3 Å². The zero-order chi connectivity index (χ0) is 4.99. The molecule has 2 nitrogen and oxygen atoms in total. The van der Waals surface area contributed by atoms with Gasteiger partial charge in [0.15, 0.2) is 0 Å². The molecular formula is C4H9NOZn. The van der Waals surface area contributed by atoms with E-state index in [2.05, 4.69) is 0 Å². The number of likely N-dealkylation sites (N-methyl/N-ethyl adjacent to an activating group) is 1. The first kappa shape index (κ1) is 10.3. The summed E-state index contributed by atoms with van der Waals surface area (Å²) in [7, 11) is 3.71. The number of nitrogens with zero attached hydrogens (tertiary/aromatic N) is 1. The first-order valence-corrected chi connectivity index (χ1v) is 1.85. The minimum atomic E-state index is 0. The summed E-state index contributed by atoms with van der Waals surface area (Å²) < 4.78 is 0. The molecule has 0 atom stereocenters. The molecule has 0 fully saturated rings. The summed E-state index contributed by atoms with van der Waals surface area (Å²) in [5, 5.41) is 0. The Kier molecular flexibility index (Phi) is 9.18. The molecule has 0 saturated carbocycles. The zero-order valence-electron chi connectivity index (χ0n) is 4.85. The summed E-state index contributed by atoms with van der Waals surface area (Å²) in [6.45, 7) is 0.528. The van der Waals surface area contributed by atoms with Gasteiger partial charge in [0.2, 0.25) is 0 Å². The Morgan fingerprint density at radius 1 is 1.57 bits per heavy atom. The Bertz CT molecular complexity index is 47.0. The van der Waals surface area contributed by atoms with Crippen LogP contribution in [-0.4, -0.2) is 31.8 Å². The molecule has 0 saturated heterocycles. The van der Waals surface area contributed by atoms with E-state index in [9.17, 15) is 4.79 Å². The van der Waals surface area contributed by atoms with Gasteiger partial charge in [-0.25, -0.2) is 0 Å². The molecule has 38 valence electrons. The van der Waals surface area contributed by atoms with E-state index in [1.165, 1.54) is 0 Å². The Balaban J connectivity index is 0. The zero-order valence-corrected chi connectivity index (χ0v) is 7.81. The molecule has 0 N–H and O–H groups in total.